The van der Waals surface area contributed by atoms with Crippen molar-refractivity contribution < 1.29 is 14.6 Å². The normalized spacial score (nSPS) is 12.0. The first-order chi connectivity index (χ1) is 11.7. The van der Waals surface area contributed by atoms with Gasteiger partial charge < -0.3 is 19.9 Å². The standard InChI is InChI=1S/C20H27NO3/c1-3-12-24-19-11-10-16(13-20(19)23-4-2)14-21-15-18(22)17-8-6-5-7-9-17/h5-11,13,18,21-22H,3-4,12,14-15H2,1-2H3. The second-order valence-corrected chi connectivity index (χ2v) is 5.62. The Hall–Kier alpha value is -2.04. The average Bonchev–Trinajstić information content (AvgIpc) is 2.62. The zero-order chi connectivity index (χ0) is 17.2. The Bertz CT molecular complexity index is 601. The lowest BCUT2D eigenvalue weighted by atomic mass is 10.1. The third-order valence-electron chi connectivity index (χ3n) is 3.62. The van der Waals surface area contributed by atoms with E-state index in [-0.39, 0.29) is 0 Å². The number of nitrogens with one attached hydrogen (secondary N) is 1. The van der Waals surface area contributed by atoms with E-state index in [9.17, 15) is 5.11 Å². The van der Waals surface area contributed by atoms with Gasteiger partial charge in [0.15, 0.2) is 11.5 Å². The van der Waals surface area contributed by atoms with Crippen LogP contribution in [0.2, 0.25) is 0 Å². The van der Waals surface area contributed by atoms with Gasteiger partial charge in [0.1, 0.15) is 0 Å². The molecule has 0 aliphatic heterocycles. The minimum absolute atomic E-state index is 0.502. The number of benzene rings is 2. The van der Waals surface area contributed by atoms with E-state index in [4.69, 9.17) is 9.47 Å². The molecule has 0 heterocycles. The number of rotatable bonds is 10. The van der Waals surface area contributed by atoms with E-state index in [1.165, 1.54) is 0 Å². The fraction of sp³-hybridized carbons (Fsp3) is 0.400. The summed E-state index contributed by atoms with van der Waals surface area (Å²) >= 11 is 0. The SMILES string of the molecule is CCCOc1ccc(CNCC(O)c2ccccc2)cc1OCC. The molecule has 0 spiro atoms. The molecule has 0 bridgehead atoms. The first kappa shape index (κ1) is 18.3. The maximum atomic E-state index is 10.2. The van der Waals surface area contributed by atoms with Gasteiger partial charge in [0.25, 0.3) is 0 Å². The van der Waals surface area contributed by atoms with Crippen molar-refractivity contribution in [3.05, 3.63) is 59.7 Å². The van der Waals surface area contributed by atoms with Crippen LogP contribution in [0.3, 0.4) is 0 Å². The lowest BCUT2D eigenvalue weighted by molar-refractivity contribution is 0.174. The highest BCUT2D eigenvalue weighted by Crippen LogP contribution is 2.28. The Morgan fingerprint density at radius 2 is 1.79 bits per heavy atom. The van der Waals surface area contributed by atoms with Gasteiger partial charge in [-0.15, -0.1) is 0 Å². The summed E-state index contributed by atoms with van der Waals surface area (Å²) in [6.07, 6.45) is 0.455. The lowest BCUT2D eigenvalue weighted by Gasteiger charge is -2.15. The summed E-state index contributed by atoms with van der Waals surface area (Å²) in [5, 5.41) is 13.5. The molecule has 0 aliphatic rings. The minimum atomic E-state index is -0.510. The van der Waals surface area contributed by atoms with Crippen LogP contribution in [0.1, 0.15) is 37.5 Å². The molecule has 0 radical (unpaired) electrons. The van der Waals surface area contributed by atoms with E-state index in [1.807, 2.05) is 55.5 Å². The first-order valence-electron chi connectivity index (χ1n) is 8.56. The van der Waals surface area contributed by atoms with Crippen LogP contribution in [-0.2, 0) is 6.54 Å². The summed E-state index contributed by atoms with van der Waals surface area (Å²) < 4.78 is 11.4. The largest absolute Gasteiger partial charge is 0.490 e. The molecular formula is C20H27NO3. The van der Waals surface area contributed by atoms with E-state index >= 15 is 0 Å². The molecular weight excluding hydrogens is 302 g/mol. The molecule has 0 saturated carbocycles. The zero-order valence-corrected chi connectivity index (χ0v) is 14.5. The predicted molar refractivity (Wildman–Crippen MR) is 96.5 cm³/mol. The molecule has 0 amide bonds. The van der Waals surface area contributed by atoms with Gasteiger partial charge in [0, 0.05) is 13.1 Å². The fourth-order valence-corrected chi connectivity index (χ4v) is 2.41. The molecule has 1 atom stereocenters. The van der Waals surface area contributed by atoms with Crippen molar-refractivity contribution in [3.63, 3.8) is 0 Å². The minimum Gasteiger partial charge on any atom is -0.490 e. The van der Waals surface area contributed by atoms with Crippen LogP contribution in [0.15, 0.2) is 48.5 Å². The summed E-state index contributed by atoms with van der Waals surface area (Å²) in [5.41, 5.74) is 2.02. The van der Waals surface area contributed by atoms with E-state index < -0.39 is 6.10 Å². The van der Waals surface area contributed by atoms with Crippen molar-refractivity contribution in [1.82, 2.24) is 5.32 Å². The molecule has 0 saturated heterocycles. The molecule has 2 N–H and O–H groups in total. The van der Waals surface area contributed by atoms with Crippen molar-refractivity contribution in [2.24, 2.45) is 0 Å². The molecule has 2 rings (SSSR count). The van der Waals surface area contributed by atoms with E-state index in [0.717, 1.165) is 29.0 Å². The Balaban J connectivity index is 1.91. The molecule has 1 unspecified atom stereocenters. The van der Waals surface area contributed by atoms with Crippen LogP contribution in [0.25, 0.3) is 0 Å². The summed E-state index contributed by atoms with van der Waals surface area (Å²) in [7, 11) is 0. The molecule has 0 aliphatic carbocycles. The van der Waals surface area contributed by atoms with Gasteiger partial charge >= 0.3 is 0 Å². The van der Waals surface area contributed by atoms with Gasteiger partial charge in [-0.25, -0.2) is 0 Å². The lowest BCUT2D eigenvalue weighted by Crippen LogP contribution is -2.21. The van der Waals surface area contributed by atoms with Crippen LogP contribution in [0.4, 0.5) is 0 Å². The summed E-state index contributed by atoms with van der Waals surface area (Å²) in [4.78, 5) is 0. The van der Waals surface area contributed by atoms with Crippen LogP contribution in [0.5, 0.6) is 11.5 Å². The Morgan fingerprint density at radius 1 is 1.00 bits per heavy atom. The first-order valence-corrected chi connectivity index (χ1v) is 8.56. The highest BCUT2D eigenvalue weighted by atomic mass is 16.5. The Morgan fingerprint density at radius 3 is 2.50 bits per heavy atom. The van der Waals surface area contributed by atoms with Gasteiger partial charge in [-0.05, 0) is 36.6 Å². The molecule has 2 aromatic rings. The highest BCUT2D eigenvalue weighted by molar-refractivity contribution is 5.43. The van der Waals surface area contributed by atoms with Crippen molar-refractivity contribution >= 4 is 0 Å². The molecule has 2 aromatic carbocycles. The van der Waals surface area contributed by atoms with Gasteiger partial charge in [-0.1, -0.05) is 43.3 Å². The van der Waals surface area contributed by atoms with Crippen LogP contribution < -0.4 is 14.8 Å². The second-order valence-electron chi connectivity index (χ2n) is 5.62. The number of aliphatic hydroxyl groups excluding tert-OH is 1. The highest BCUT2D eigenvalue weighted by Gasteiger charge is 2.08. The molecule has 4 nitrogen and oxygen atoms in total. The van der Waals surface area contributed by atoms with Gasteiger partial charge in [0.05, 0.1) is 19.3 Å². The Labute approximate surface area is 144 Å². The van der Waals surface area contributed by atoms with Crippen molar-refractivity contribution in [1.29, 1.82) is 0 Å². The van der Waals surface area contributed by atoms with Crippen molar-refractivity contribution in [3.8, 4) is 11.5 Å². The topological polar surface area (TPSA) is 50.7 Å². The van der Waals surface area contributed by atoms with Crippen molar-refractivity contribution in [2.75, 3.05) is 19.8 Å². The van der Waals surface area contributed by atoms with Crippen LogP contribution in [-0.4, -0.2) is 24.9 Å². The van der Waals surface area contributed by atoms with Crippen LogP contribution in [0, 0.1) is 0 Å². The molecule has 4 heteroatoms. The zero-order valence-electron chi connectivity index (χ0n) is 14.5. The second kappa shape index (κ2) is 9.96. The molecule has 0 aromatic heterocycles. The monoisotopic (exact) mass is 329 g/mol. The summed E-state index contributed by atoms with van der Waals surface area (Å²) in [6, 6.07) is 15.6. The summed E-state index contributed by atoms with van der Waals surface area (Å²) in [5.74, 6) is 1.56. The molecule has 24 heavy (non-hydrogen) atoms. The van der Waals surface area contributed by atoms with E-state index in [2.05, 4.69) is 12.2 Å². The average molecular weight is 329 g/mol. The third kappa shape index (κ3) is 5.55. The van der Waals surface area contributed by atoms with Crippen LogP contribution >= 0.6 is 0 Å². The number of hydrogen-bond donors (Lipinski definition) is 2. The third-order valence-corrected chi connectivity index (χ3v) is 3.62. The van der Waals surface area contributed by atoms with E-state index in [1.54, 1.807) is 0 Å². The maximum Gasteiger partial charge on any atom is 0.161 e. The number of aliphatic hydroxyl groups is 1. The predicted octanol–water partition coefficient (Wildman–Crippen LogP) is 3.70. The van der Waals surface area contributed by atoms with Gasteiger partial charge in [-0.2, -0.15) is 0 Å². The fourth-order valence-electron chi connectivity index (χ4n) is 2.41. The molecule has 130 valence electrons. The Kier molecular flexibility index (Phi) is 7.59. The number of hydrogen-bond acceptors (Lipinski definition) is 4. The quantitative estimate of drug-likeness (QED) is 0.698. The smallest absolute Gasteiger partial charge is 0.161 e. The summed E-state index contributed by atoms with van der Waals surface area (Å²) in [6.45, 7) is 6.49. The number of ether oxygens (including phenoxy) is 2. The maximum absolute atomic E-state index is 10.2. The van der Waals surface area contributed by atoms with Crippen molar-refractivity contribution in [2.45, 2.75) is 32.9 Å². The molecule has 0 fully saturated rings. The van der Waals surface area contributed by atoms with Gasteiger partial charge in [-0.3, -0.25) is 0 Å². The van der Waals surface area contributed by atoms with E-state index in [0.29, 0.717) is 26.3 Å². The van der Waals surface area contributed by atoms with Gasteiger partial charge in [0.2, 0.25) is 0 Å².